The Morgan fingerprint density at radius 1 is 1.53 bits per heavy atom. The Bertz CT molecular complexity index is 227. The van der Waals surface area contributed by atoms with Crippen LogP contribution in [0.2, 0.25) is 0 Å². The van der Waals surface area contributed by atoms with Crippen molar-refractivity contribution in [3.63, 3.8) is 0 Å². The molecule has 0 radical (unpaired) electrons. The van der Waals surface area contributed by atoms with Gasteiger partial charge in [0.25, 0.3) is 0 Å². The fourth-order valence-electron chi connectivity index (χ4n) is 1.98. The Balaban J connectivity index is 2.22. The number of ether oxygens (including phenoxy) is 2. The van der Waals surface area contributed by atoms with E-state index >= 15 is 0 Å². The summed E-state index contributed by atoms with van der Waals surface area (Å²) in [4.78, 5) is 0. The molecule has 1 N–H and O–H groups in total. The molecule has 0 bridgehead atoms. The van der Waals surface area contributed by atoms with E-state index in [4.69, 9.17) is 14.7 Å². The topological polar surface area (TPSA) is 54.3 Å². The van der Waals surface area contributed by atoms with Crippen molar-refractivity contribution in [3.05, 3.63) is 0 Å². The molecule has 0 aliphatic heterocycles. The quantitative estimate of drug-likeness (QED) is 0.669. The Morgan fingerprint density at radius 3 is 2.87 bits per heavy atom. The Morgan fingerprint density at radius 2 is 2.33 bits per heavy atom. The van der Waals surface area contributed by atoms with Crippen LogP contribution in [0.15, 0.2) is 0 Å². The zero-order valence-electron chi connectivity index (χ0n) is 9.58. The second-order valence-electron chi connectivity index (χ2n) is 4.03. The van der Waals surface area contributed by atoms with Crippen LogP contribution in [0.1, 0.15) is 25.7 Å². The average Bonchev–Trinajstić information content (AvgIpc) is 2.69. The van der Waals surface area contributed by atoms with E-state index in [-0.39, 0.29) is 11.6 Å². The third-order valence-electron chi connectivity index (χ3n) is 3.01. The maximum absolute atomic E-state index is 9.06. The highest BCUT2D eigenvalue weighted by molar-refractivity contribution is 5.11. The van der Waals surface area contributed by atoms with Gasteiger partial charge in [-0.25, -0.2) is 0 Å². The Kier molecular flexibility index (Phi) is 5.03. The zero-order chi connectivity index (χ0) is 11.1. The summed E-state index contributed by atoms with van der Waals surface area (Å²) in [7, 11) is 3.54. The third kappa shape index (κ3) is 3.45. The first-order valence-electron chi connectivity index (χ1n) is 5.47. The molecule has 4 heteroatoms. The van der Waals surface area contributed by atoms with Gasteiger partial charge in [0.15, 0.2) is 0 Å². The molecule has 0 saturated heterocycles. The van der Waals surface area contributed by atoms with Crippen LogP contribution in [0.5, 0.6) is 0 Å². The Hall–Kier alpha value is -0.630. The average molecular weight is 212 g/mol. The molecule has 1 saturated carbocycles. The van der Waals surface area contributed by atoms with E-state index in [1.165, 1.54) is 0 Å². The summed E-state index contributed by atoms with van der Waals surface area (Å²) in [6, 6.07) is 2.34. The largest absolute Gasteiger partial charge is 0.385 e. The zero-order valence-corrected chi connectivity index (χ0v) is 9.58. The maximum Gasteiger partial charge on any atom is 0.109 e. The van der Waals surface area contributed by atoms with Crippen LogP contribution in [-0.4, -0.2) is 39.0 Å². The second-order valence-corrected chi connectivity index (χ2v) is 4.03. The fourth-order valence-corrected chi connectivity index (χ4v) is 1.98. The van der Waals surface area contributed by atoms with Crippen molar-refractivity contribution in [2.75, 3.05) is 27.4 Å². The van der Waals surface area contributed by atoms with Crippen LogP contribution in [0.3, 0.4) is 0 Å². The van der Waals surface area contributed by atoms with Gasteiger partial charge in [-0.15, -0.1) is 0 Å². The van der Waals surface area contributed by atoms with E-state index in [9.17, 15) is 0 Å². The number of methoxy groups -OCH3 is 1. The van der Waals surface area contributed by atoms with Gasteiger partial charge in [-0.3, -0.25) is 0 Å². The molecule has 1 fully saturated rings. The van der Waals surface area contributed by atoms with Gasteiger partial charge in [0.05, 0.1) is 12.2 Å². The third-order valence-corrected chi connectivity index (χ3v) is 3.01. The normalized spacial score (nSPS) is 30.3. The molecule has 0 aromatic heterocycles. The number of hydrogen-bond acceptors (Lipinski definition) is 4. The monoisotopic (exact) mass is 212 g/mol. The van der Waals surface area contributed by atoms with E-state index in [2.05, 4.69) is 11.4 Å². The second kappa shape index (κ2) is 6.06. The summed E-state index contributed by atoms with van der Waals surface area (Å²) >= 11 is 0. The van der Waals surface area contributed by atoms with Gasteiger partial charge in [0.1, 0.15) is 5.54 Å². The van der Waals surface area contributed by atoms with Crippen LogP contribution < -0.4 is 5.32 Å². The smallest absolute Gasteiger partial charge is 0.109 e. The molecule has 0 aromatic carbocycles. The summed E-state index contributed by atoms with van der Waals surface area (Å²) in [5.41, 5.74) is -0.355. The highest BCUT2D eigenvalue weighted by Gasteiger charge is 2.38. The van der Waals surface area contributed by atoms with Crippen molar-refractivity contribution < 1.29 is 9.47 Å². The maximum atomic E-state index is 9.06. The van der Waals surface area contributed by atoms with Crippen molar-refractivity contribution in [1.29, 1.82) is 5.26 Å². The van der Waals surface area contributed by atoms with Crippen LogP contribution in [0.4, 0.5) is 0 Å². The van der Waals surface area contributed by atoms with E-state index < -0.39 is 0 Å². The molecule has 15 heavy (non-hydrogen) atoms. The predicted molar refractivity (Wildman–Crippen MR) is 57.5 cm³/mol. The van der Waals surface area contributed by atoms with E-state index in [0.29, 0.717) is 0 Å². The Labute approximate surface area is 91.6 Å². The van der Waals surface area contributed by atoms with Gasteiger partial charge in [0.2, 0.25) is 0 Å². The number of rotatable bonds is 6. The molecule has 1 rings (SSSR count). The number of hydrogen-bond donors (Lipinski definition) is 1. The molecule has 86 valence electrons. The van der Waals surface area contributed by atoms with Crippen LogP contribution in [0.25, 0.3) is 0 Å². The molecule has 0 aromatic rings. The van der Waals surface area contributed by atoms with Gasteiger partial charge in [0, 0.05) is 26.7 Å². The first-order chi connectivity index (χ1) is 7.26. The standard InChI is InChI=1S/C11H20N2O2/c1-13-11(9-12)5-4-10(8-11)15-7-3-6-14-2/h10,13H,3-8H2,1-2H3. The minimum absolute atomic E-state index is 0.231. The van der Waals surface area contributed by atoms with E-state index in [0.717, 1.165) is 38.9 Å². The molecule has 2 atom stereocenters. The molecule has 0 amide bonds. The summed E-state index contributed by atoms with van der Waals surface area (Å²) in [6.45, 7) is 1.46. The van der Waals surface area contributed by atoms with Gasteiger partial charge >= 0.3 is 0 Å². The van der Waals surface area contributed by atoms with Gasteiger partial charge in [-0.05, 0) is 26.3 Å². The lowest BCUT2D eigenvalue weighted by molar-refractivity contribution is 0.0411. The van der Waals surface area contributed by atoms with Crippen LogP contribution >= 0.6 is 0 Å². The number of nitrogens with zero attached hydrogens (tertiary/aromatic N) is 1. The summed E-state index contributed by atoms with van der Waals surface area (Å²) in [5.74, 6) is 0. The van der Waals surface area contributed by atoms with Gasteiger partial charge in [-0.2, -0.15) is 5.26 Å². The SMILES string of the molecule is CNC1(C#N)CCC(OCCCOC)C1. The number of nitriles is 1. The van der Waals surface area contributed by atoms with Crippen LogP contribution in [0, 0.1) is 11.3 Å². The van der Waals surface area contributed by atoms with Crippen molar-refractivity contribution in [3.8, 4) is 6.07 Å². The molecule has 0 spiro atoms. The highest BCUT2D eigenvalue weighted by Crippen LogP contribution is 2.31. The molecule has 1 aliphatic rings. The lowest BCUT2D eigenvalue weighted by Gasteiger charge is -2.19. The molecular formula is C11H20N2O2. The van der Waals surface area contributed by atoms with Crippen LogP contribution in [-0.2, 0) is 9.47 Å². The first kappa shape index (κ1) is 12.4. The highest BCUT2D eigenvalue weighted by atomic mass is 16.5. The number of nitrogens with one attached hydrogen (secondary N) is 1. The van der Waals surface area contributed by atoms with Gasteiger partial charge < -0.3 is 14.8 Å². The molecule has 2 unspecified atom stereocenters. The molecular weight excluding hydrogens is 192 g/mol. The lowest BCUT2D eigenvalue weighted by atomic mass is 10.0. The predicted octanol–water partition coefficient (Wildman–Crippen LogP) is 1.07. The van der Waals surface area contributed by atoms with Crippen molar-refractivity contribution >= 4 is 0 Å². The van der Waals surface area contributed by atoms with Crippen molar-refractivity contribution in [1.82, 2.24) is 5.32 Å². The van der Waals surface area contributed by atoms with E-state index in [1.54, 1.807) is 7.11 Å². The molecule has 4 nitrogen and oxygen atoms in total. The van der Waals surface area contributed by atoms with Crippen molar-refractivity contribution in [2.45, 2.75) is 37.3 Å². The fraction of sp³-hybridized carbons (Fsp3) is 0.909. The van der Waals surface area contributed by atoms with Crippen molar-refractivity contribution in [2.24, 2.45) is 0 Å². The summed E-state index contributed by atoms with van der Waals surface area (Å²) in [5, 5.41) is 12.1. The first-order valence-corrected chi connectivity index (χ1v) is 5.47. The van der Waals surface area contributed by atoms with E-state index in [1.807, 2.05) is 7.05 Å². The summed E-state index contributed by atoms with van der Waals surface area (Å²) < 4.78 is 10.6. The minimum Gasteiger partial charge on any atom is -0.385 e. The summed E-state index contributed by atoms with van der Waals surface area (Å²) in [6.07, 6.45) is 3.81. The van der Waals surface area contributed by atoms with Gasteiger partial charge in [-0.1, -0.05) is 0 Å². The molecule has 0 heterocycles. The minimum atomic E-state index is -0.355. The molecule has 1 aliphatic carbocycles. The lowest BCUT2D eigenvalue weighted by Crippen LogP contribution is -2.39.